The molecule has 2 saturated heterocycles. The average molecular weight is 383 g/mol. The second-order valence-electron chi connectivity index (χ2n) is 6.98. The standard InChI is InChI=1S/C18H27ClN4OS/c1-22(2)18(24)15-3-4-16(21-17(15)19)23-11-7-14(8-12-23)25-13-5-9-20-10-6-13/h3-4,13-14,20H,5-12H2,1-2H3. The van der Waals surface area contributed by atoms with Gasteiger partial charge in [0, 0.05) is 37.7 Å². The highest BCUT2D eigenvalue weighted by molar-refractivity contribution is 8.00. The van der Waals surface area contributed by atoms with E-state index in [9.17, 15) is 4.79 Å². The Balaban J connectivity index is 1.55. The van der Waals surface area contributed by atoms with Crippen LogP contribution in [0.4, 0.5) is 5.82 Å². The summed E-state index contributed by atoms with van der Waals surface area (Å²) >= 11 is 8.44. The van der Waals surface area contributed by atoms with Crippen LogP contribution in [0, 0.1) is 0 Å². The van der Waals surface area contributed by atoms with E-state index in [1.165, 1.54) is 30.6 Å². The van der Waals surface area contributed by atoms with Crippen LogP contribution in [0.25, 0.3) is 0 Å². The lowest BCUT2D eigenvalue weighted by Gasteiger charge is -2.35. The van der Waals surface area contributed by atoms with Crippen molar-refractivity contribution in [1.29, 1.82) is 0 Å². The first-order valence-corrected chi connectivity index (χ1v) is 10.4. The average Bonchev–Trinajstić information content (AvgIpc) is 2.62. The topological polar surface area (TPSA) is 48.5 Å². The molecule has 3 heterocycles. The number of hydrogen-bond acceptors (Lipinski definition) is 5. The van der Waals surface area contributed by atoms with E-state index in [1.54, 1.807) is 20.2 Å². The summed E-state index contributed by atoms with van der Waals surface area (Å²) in [4.78, 5) is 20.3. The van der Waals surface area contributed by atoms with Gasteiger partial charge in [0.05, 0.1) is 5.56 Å². The van der Waals surface area contributed by atoms with E-state index < -0.39 is 0 Å². The van der Waals surface area contributed by atoms with Crippen molar-refractivity contribution in [3.63, 3.8) is 0 Å². The molecule has 0 aromatic carbocycles. The Labute approximate surface area is 159 Å². The summed E-state index contributed by atoms with van der Waals surface area (Å²) in [5, 5.41) is 5.30. The Hall–Kier alpha value is -0.980. The third kappa shape index (κ3) is 4.80. The van der Waals surface area contributed by atoms with Gasteiger partial charge in [-0.1, -0.05) is 11.6 Å². The number of halogens is 1. The molecule has 1 amide bonds. The van der Waals surface area contributed by atoms with Gasteiger partial charge in [-0.2, -0.15) is 11.8 Å². The monoisotopic (exact) mass is 382 g/mol. The number of thioether (sulfide) groups is 1. The zero-order chi connectivity index (χ0) is 17.8. The fraction of sp³-hybridized carbons (Fsp3) is 0.667. The van der Waals surface area contributed by atoms with Gasteiger partial charge in [0.1, 0.15) is 11.0 Å². The minimum atomic E-state index is -0.110. The van der Waals surface area contributed by atoms with Gasteiger partial charge >= 0.3 is 0 Å². The van der Waals surface area contributed by atoms with Gasteiger partial charge in [-0.25, -0.2) is 4.98 Å². The van der Waals surface area contributed by atoms with Crippen molar-refractivity contribution >= 4 is 35.1 Å². The molecule has 0 saturated carbocycles. The Kier molecular flexibility index (Phi) is 6.47. The molecular formula is C18H27ClN4OS. The van der Waals surface area contributed by atoms with Crippen molar-refractivity contribution in [3.05, 3.63) is 22.8 Å². The van der Waals surface area contributed by atoms with Crippen molar-refractivity contribution in [3.8, 4) is 0 Å². The summed E-state index contributed by atoms with van der Waals surface area (Å²) in [5.41, 5.74) is 0.465. The summed E-state index contributed by atoms with van der Waals surface area (Å²) in [6.07, 6.45) is 4.96. The first kappa shape index (κ1) is 18.8. The summed E-state index contributed by atoms with van der Waals surface area (Å²) in [5.74, 6) is 0.770. The van der Waals surface area contributed by atoms with Gasteiger partial charge in [0.25, 0.3) is 5.91 Å². The van der Waals surface area contributed by atoms with Crippen LogP contribution >= 0.6 is 23.4 Å². The number of pyridine rings is 1. The number of amides is 1. The van der Waals surface area contributed by atoms with Gasteiger partial charge in [-0.15, -0.1) is 0 Å². The molecule has 1 N–H and O–H groups in total. The normalized spacial score (nSPS) is 19.9. The predicted molar refractivity (Wildman–Crippen MR) is 106 cm³/mol. The molecule has 0 bridgehead atoms. The van der Waals surface area contributed by atoms with Crippen molar-refractivity contribution in [2.45, 2.75) is 36.2 Å². The number of aromatic nitrogens is 1. The Morgan fingerprint density at radius 3 is 2.44 bits per heavy atom. The first-order chi connectivity index (χ1) is 12.0. The molecule has 0 unspecified atom stereocenters. The van der Waals surface area contributed by atoms with Crippen LogP contribution in [0.2, 0.25) is 5.15 Å². The zero-order valence-corrected chi connectivity index (χ0v) is 16.6. The summed E-state index contributed by atoms with van der Waals surface area (Å²) < 4.78 is 0. The molecule has 2 aliphatic heterocycles. The van der Waals surface area contributed by atoms with E-state index in [0.717, 1.165) is 42.5 Å². The third-order valence-corrected chi connectivity index (χ3v) is 6.91. The van der Waals surface area contributed by atoms with Crippen LogP contribution in [0.5, 0.6) is 0 Å². The molecule has 0 radical (unpaired) electrons. The smallest absolute Gasteiger partial charge is 0.256 e. The minimum Gasteiger partial charge on any atom is -0.356 e. The number of rotatable bonds is 4. The molecule has 5 nitrogen and oxygen atoms in total. The van der Waals surface area contributed by atoms with Crippen molar-refractivity contribution in [2.24, 2.45) is 0 Å². The first-order valence-electron chi connectivity index (χ1n) is 9.04. The molecule has 138 valence electrons. The Morgan fingerprint density at radius 2 is 1.84 bits per heavy atom. The number of anilines is 1. The zero-order valence-electron chi connectivity index (χ0n) is 15.0. The SMILES string of the molecule is CN(C)C(=O)c1ccc(N2CCC(SC3CCNCC3)CC2)nc1Cl. The van der Waals surface area contributed by atoms with E-state index in [-0.39, 0.29) is 5.91 Å². The molecule has 25 heavy (non-hydrogen) atoms. The van der Waals surface area contributed by atoms with Crippen LogP contribution in [-0.2, 0) is 0 Å². The number of piperidine rings is 2. The number of carbonyl (C=O) groups is 1. The molecule has 7 heteroatoms. The number of carbonyl (C=O) groups excluding carboxylic acids is 1. The number of hydrogen-bond donors (Lipinski definition) is 1. The van der Waals surface area contributed by atoms with E-state index >= 15 is 0 Å². The summed E-state index contributed by atoms with van der Waals surface area (Å²) in [7, 11) is 3.44. The number of nitrogens with zero attached hydrogens (tertiary/aromatic N) is 3. The van der Waals surface area contributed by atoms with Gasteiger partial charge in [-0.05, 0) is 50.9 Å². The van der Waals surface area contributed by atoms with Crippen LogP contribution in [-0.4, -0.2) is 66.6 Å². The highest BCUT2D eigenvalue weighted by Crippen LogP contribution is 2.32. The lowest BCUT2D eigenvalue weighted by atomic mass is 10.1. The fourth-order valence-corrected chi connectivity index (χ4v) is 5.19. The molecule has 1 aromatic rings. The maximum atomic E-state index is 12.1. The maximum absolute atomic E-state index is 12.1. The van der Waals surface area contributed by atoms with E-state index in [0.29, 0.717) is 10.7 Å². The molecule has 1 aromatic heterocycles. The third-order valence-electron chi connectivity index (χ3n) is 4.91. The van der Waals surface area contributed by atoms with Gasteiger partial charge in [0.15, 0.2) is 0 Å². The fourth-order valence-electron chi connectivity index (χ4n) is 3.43. The largest absolute Gasteiger partial charge is 0.356 e. The van der Waals surface area contributed by atoms with E-state index in [1.807, 2.05) is 6.07 Å². The van der Waals surface area contributed by atoms with Crippen molar-refractivity contribution in [2.75, 3.05) is 45.2 Å². The van der Waals surface area contributed by atoms with Gasteiger partial charge < -0.3 is 15.1 Å². The van der Waals surface area contributed by atoms with E-state index in [2.05, 4.69) is 27.0 Å². The highest BCUT2D eigenvalue weighted by Gasteiger charge is 2.25. The van der Waals surface area contributed by atoms with Crippen molar-refractivity contribution in [1.82, 2.24) is 15.2 Å². The molecule has 0 atom stereocenters. The van der Waals surface area contributed by atoms with Gasteiger partial charge in [-0.3, -0.25) is 4.79 Å². The summed E-state index contributed by atoms with van der Waals surface area (Å²) in [6, 6.07) is 3.71. The lowest BCUT2D eigenvalue weighted by molar-refractivity contribution is 0.0827. The lowest BCUT2D eigenvalue weighted by Crippen LogP contribution is -2.37. The van der Waals surface area contributed by atoms with E-state index in [4.69, 9.17) is 11.6 Å². The number of nitrogens with one attached hydrogen (secondary N) is 1. The van der Waals surface area contributed by atoms with Gasteiger partial charge in [0.2, 0.25) is 0 Å². The van der Waals surface area contributed by atoms with Crippen LogP contribution in [0.1, 0.15) is 36.0 Å². The second-order valence-corrected chi connectivity index (χ2v) is 8.94. The Morgan fingerprint density at radius 1 is 1.20 bits per heavy atom. The molecule has 2 fully saturated rings. The highest BCUT2D eigenvalue weighted by atomic mass is 35.5. The molecular weight excluding hydrogens is 356 g/mol. The molecule has 0 aliphatic carbocycles. The van der Waals surface area contributed by atoms with Crippen LogP contribution in [0.15, 0.2) is 12.1 Å². The molecule has 0 spiro atoms. The quantitative estimate of drug-likeness (QED) is 0.811. The molecule has 2 aliphatic rings. The van der Waals surface area contributed by atoms with Crippen LogP contribution < -0.4 is 10.2 Å². The predicted octanol–water partition coefficient (Wildman–Crippen LogP) is 2.89. The maximum Gasteiger partial charge on any atom is 0.256 e. The second kappa shape index (κ2) is 8.60. The summed E-state index contributed by atoms with van der Waals surface area (Å²) in [6.45, 7) is 4.34. The van der Waals surface area contributed by atoms with Crippen LogP contribution in [0.3, 0.4) is 0 Å². The molecule has 3 rings (SSSR count). The van der Waals surface area contributed by atoms with Crippen molar-refractivity contribution < 1.29 is 4.79 Å². The Bertz CT molecular complexity index is 599. The minimum absolute atomic E-state index is 0.110.